The summed E-state index contributed by atoms with van der Waals surface area (Å²) in [4.78, 5) is 16.5. The maximum Gasteiger partial charge on any atom is 0.417 e. The van der Waals surface area contributed by atoms with Crippen LogP contribution in [-0.4, -0.2) is 48.7 Å². The summed E-state index contributed by atoms with van der Waals surface area (Å²) in [5, 5.41) is 0. The summed E-state index contributed by atoms with van der Waals surface area (Å²) >= 11 is 0. The third-order valence-corrected chi connectivity index (χ3v) is 2.82. The highest BCUT2D eigenvalue weighted by Crippen LogP contribution is 2.29. The number of rotatable bonds is 4. The minimum Gasteiger partial charge on any atom is -0.471 e. The Bertz CT molecular complexity index is 470. The Morgan fingerprint density at radius 1 is 1.45 bits per heavy atom. The zero-order chi connectivity index (χ0) is 14.8. The summed E-state index contributed by atoms with van der Waals surface area (Å²) in [7, 11) is 1.43. The standard InChI is InChI=1S/C12H13F3N2O3/c1-19-7-11(18)17-5-9(6-17)20-10-3-2-8(4-16-10)12(13,14)15/h2-4,9H,5-7H2,1H3. The first kappa shape index (κ1) is 14.6. The fourth-order valence-corrected chi connectivity index (χ4v) is 1.72. The third kappa shape index (κ3) is 3.38. The lowest BCUT2D eigenvalue weighted by molar-refractivity contribution is -0.144. The molecule has 2 heterocycles. The molecular weight excluding hydrogens is 277 g/mol. The summed E-state index contributed by atoms with van der Waals surface area (Å²) in [6, 6.07) is 2.08. The van der Waals surface area contributed by atoms with Crippen molar-refractivity contribution in [2.75, 3.05) is 26.8 Å². The predicted octanol–water partition coefficient (Wildman–Crippen LogP) is 1.34. The number of ether oxygens (including phenoxy) is 2. The van der Waals surface area contributed by atoms with E-state index in [1.165, 1.54) is 18.1 Å². The summed E-state index contributed by atoms with van der Waals surface area (Å²) in [6.07, 6.45) is -3.94. The number of hydrogen-bond donors (Lipinski definition) is 0. The molecule has 0 N–H and O–H groups in total. The van der Waals surface area contributed by atoms with Crippen molar-refractivity contribution in [1.82, 2.24) is 9.88 Å². The largest absolute Gasteiger partial charge is 0.471 e. The number of amides is 1. The van der Waals surface area contributed by atoms with Gasteiger partial charge in [0, 0.05) is 19.4 Å². The maximum absolute atomic E-state index is 12.3. The highest BCUT2D eigenvalue weighted by atomic mass is 19.4. The number of pyridine rings is 1. The van der Waals surface area contributed by atoms with Gasteiger partial charge in [-0.05, 0) is 6.07 Å². The van der Waals surface area contributed by atoms with Gasteiger partial charge in [0.15, 0.2) is 0 Å². The van der Waals surface area contributed by atoms with Crippen LogP contribution >= 0.6 is 0 Å². The van der Waals surface area contributed by atoms with Crippen molar-refractivity contribution >= 4 is 5.91 Å². The molecule has 5 nitrogen and oxygen atoms in total. The van der Waals surface area contributed by atoms with Crippen LogP contribution < -0.4 is 4.74 Å². The van der Waals surface area contributed by atoms with Crippen LogP contribution in [0.1, 0.15) is 5.56 Å². The number of likely N-dealkylation sites (tertiary alicyclic amines) is 1. The lowest BCUT2D eigenvalue weighted by Gasteiger charge is -2.38. The van der Waals surface area contributed by atoms with Crippen molar-refractivity contribution < 1.29 is 27.4 Å². The van der Waals surface area contributed by atoms with Gasteiger partial charge in [-0.2, -0.15) is 13.2 Å². The van der Waals surface area contributed by atoms with E-state index in [1.807, 2.05) is 0 Å². The third-order valence-electron chi connectivity index (χ3n) is 2.82. The second kappa shape index (κ2) is 5.66. The van der Waals surface area contributed by atoms with E-state index in [2.05, 4.69) is 4.98 Å². The molecule has 8 heteroatoms. The Kier molecular flexibility index (Phi) is 4.12. The molecule has 0 atom stereocenters. The van der Waals surface area contributed by atoms with E-state index in [-0.39, 0.29) is 24.5 Å². The van der Waals surface area contributed by atoms with Crippen LogP contribution in [0.5, 0.6) is 5.88 Å². The molecule has 0 unspecified atom stereocenters. The fraction of sp³-hybridized carbons (Fsp3) is 0.500. The smallest absolute Gasteiger partial charge is 0.417 e. The highest BCUT2D eigenvalue weighted by Gasteiger charge is 2.33. The van der Waals surface area contributed by atoms with Crippen LogP contribution in [0.15, 0.2) is 18.3 Å². The molecule has 1 saturated heterocycles. The molecule has 110 valence electrons. The van der Waals surface area contributed by atoms with Crippen molar-refractivity contribution in [2.24, 2.45) is 0 Å². The molecule has 1 amide bonds. The van der Waals surface area contributed by atoms with E-state index in [0.29, 0.717) is 13.1 Å². The first-order valence-corrected chi connectivity index (χ1v) is 5.87. The lowest BCUT2D eigenvalue weighted by Crippen LogP contribution is -2.57. The normalized spacial score (nSPS) is 15.9. The minimum atomic E-state index is -4.41. The van der Waals surface area contributed by atoms with Gasteiger partial charge in [0.2, 0.25) is 11.8 Å². The van der Waals surface area contributed by atoms with Crippen LogP contribution in [-0.2, 0) is 15.7 Å². The molecule has 0 radical (unpaired) electrons. The monoisotopic (exact) mass is 290 g/mol. The zero-order valence-electron chi connectivity index (χ0n) is 10.7. The van der Waals surface area contributed by atoms with E-state index in [0.717, 1.165) is 12.3 Å². The first-order valence-electron chi connectivity index (χ1n) is 5.87. The molecule has 0 aromatic carbocycles. The average Bonchev–Trinajstić information content (AvgIpc) is 2.33. The first-order chi connectivity index (χ1) is 9.40. The van der Waals surface area contributed by atoms with Crippen LogP contribution in [0, 0.1) is 0 Å². The van der Waals surface area contributed by atoms with Gasteiger partial charge in [-0.1, -0.05) is 0 Å². The minimum absolute atomic E-state index is 0.00521. The van der Waals surface area contributed by atoms with Crippen LogP contribution in [0.25, 0.3) is 0 Å². The van der Waals surface area contributed by atoms with Crippen molar-refractivity contribution in [2.45, 2.75) is 12.3 Å². The van der Waals surface area contributed by atoms with E-state index >= 15 is 0 Å². The number of aromatic nitrogens is 1. The SMILES string of the molecule is COCC(=O)N1CC(Oc2ccc(C(F)(F)F)cn2)C1. The van der Waals surface area contributed by atoms with Crippen molar-refractivity contribution in [1.29, 1.82) is 0 Å². The Morgan fingerprint density at radius 3 is 2.65 bits per heavy atom. The van der Waals surface area contributed by atoms with Gasteiger partial charge >= 0.3 is 6.18 Å². The summed E-state index contributed by atoms with van der Waals surface area (Å²) in [5.74, 6) is -0.0328. The van der Waals surface area contributed by atoms with Crippen molar-refractivity contribution in [3.8, 4) is 5.88 Å². The van der Waals surface area contributed by atoms with E-state index in [1.54, 1.807) is 0 Å². The number of hydrogen-bond acceptors (Lipinski definition) is 4. The summed E-state index contributed by atoms with van der Waals surface area (Å²) in [6.45, 7) is 0.765. The van der Waals surface area contributed by atoms with Gasteiger partial charge in [-0.15, -0.1) is 0 Å². The second-order valence-corrected chi connectivity index (χ2v) is 4.35. The van der Waals surface area contributed by atoms with Crippen molar-refractivity contribution in [3.63, 3.8) is 0 Å². The molecule has 1 aromatic heterocycles. The Balaban J connectivity index is 1.83. The van der Waals surface area contributed by atoms with Gasteiger partial charge < -0.3 is 14.4 Å². The second-order valence-electron chi connectivity index (χ2n) is 4.35. The number of carbonyl (C=O) groups excluding carboxylic acids is 1. The summed E-state index contributed by atoms with van der Waals surface area (Å²) in [5.41, 5.74) is -0.824. The molecule has 0 aliphatic carbocycles. The fourth-order valence-electron chi connectivity index (χ4n) is 1.72. The number of halogens is 3. The van der Waals surface area contributed by atoms with Gasteiger partial charge in [0.25, 0.3) is 0 Å². The molecule has 1 aliphatic rings. The number of alkyl halides is 3. The Morgan fingerprint density at radius 2 is 2.15 bits per heavy atom. The lowest BCUT2D eigenvalue weighted by atomic mass is 10.1. The van der Waals surface area contributed by atoms with E-state index in [4.69, 9.17) is 9.47 Å². The molecule has 1 fully saturated rings. The average molecular weight is 290 g/mol. The molecule has 1 aliphatic heterocycles. The molecule has 1 aromatic rings. The maximum atomic E-state index is 12.3. The molecular formula is C12H13F3N2O3. The number of carbonyl (C=O) groups is 1. The molecule has 0 spiro atoms. The van der Waals surface area contributed by atoms with Crippen LogP contribution in [0.3, 0.4) is 0 Å². The van der Waals surface area contributed by atoms with Crippen LogP contribution in [0.4, 0.5) is 13.2 Å². The van der Waals surface area contributed by atoms with Gasteiger partial charge in [0.1, 0.15) is 12.7 Å². The van der Waals surface area contributed by atoms with E-state index in [9.17, 15) is 18.0 Å². The predicted molar refractivity (Wildman–Crippen MR) is 62.1 cm³/mol. The highest BCUT2D eigenvalue weighted by molar-refractivity contribution is 5.78. The number of nitrogens with zero attached hydrogens (tertiary/aromatic N) is 2. The number of methoxy groups -OCH3 is 1. The Hall–Kier alpha value is -1.83. The topological polar surface area (TPSA) is 51.7 Å². The zero-order valence-corrected chi connectivity index (χ0v) is 10.7. The molecule has 0 saturated carbocycles. The van der Waals surface area contributed by atoms with Crippen molar-refractivity contribution in [3.05, 3.63) is 23.9 Å². The molecule has 2 rings (SSSR count). The quantitative estimate of drug-likeness (QED) is 0.839. The molecule has 0 bridgehead atoms. The molecule has 20 heavy (non-hydrogen) atoms. The van der Waals surface area contributed by atoms with Gasteiger partial charge in [-0.3, -0.25) is 4.79 Å². The van der Waals surface area contributed by atoms with Gasteiger partial charge in [0.05, 0.1) is 18.7 Å². The van der Waals surface area contributed by atoms with Crippen LogP contribution in [0.2, 0.25) is 0 Å². The van der Waals surface area contributed by atoms with E-state index < -0.39 is 11.7 Å². The summed E-state index contributed by atoms with van der Waals surface area (Å²) < 4.78 is 47.1. The Labute approximate surface area is 113 Å². The van der Waals surface area contributed by atoms with Gasteiger partial charge in [-0.25, -0.2) is 4.98 Å².